The van der Waals surface area contributed by atoms with E-state index in [2.05, 4.69) is 12.2 Å². The molecule has 1 unspecified atom stereocenters. The summed E-state index contributed by atoms with van der Waals surface area (Å²) in [4.78, 5) is 0. The van der Waals surface area contributed by atoms with E-state index >= 15 is 0 Å². The number of hydrogen-bond acceptors (Lipinski definition) is 0. The van der Waals surface area contributed by atoms with Crippen molar-refractivity contribution in [3.8, 4) is 0 Å². The summed E-state index contributed by atoms with van der Waals surface area (Å²) >= 11 is 0. The maximum Gasteiger partial charge on any atom is 0.0933 e. The van der Waals surface area contributed by atoms with Gasteiger partial charge in [-0.1, -0.05) is 12.2 Å². The second-order valence-corrected chi connectivity index (χ2v) is 2.60. The molecule has 0 heterocycles. The number of allylic oxidation sites excluding steroid dienone is 2. The molecule has 0 amide bonds. The zero-order chi connectivity index (χ0) is 6.53. The zero-order valence-electron chi connectivity index (χ0n) is 5.68. The first-order chi connectivity index (χ1) is 4.39. The molecule has 1 heteroatoms. The van der Waals surface area contributed by atoms with Crippen LogP contribution in [0.4, 0.5) is 0 Å². The smallest absolute Gasteiger partial charge is 0.0933 e. The van der Waals surface area contributed by atoms with Gasteiger partial charge in [-0.05, 0) is 32.1 Å². The Balaban J connectivity index is 2.27. The van der Waals surface area contributed by atoms with Crippen LogP contribution in [0.1, 0.15) is 32.1 Å². The van der Waals surface area contributed by atoms with Gasteiger partial charge in [0.1, 0.15) is 0 Å². The number of hydrogen-bond donors (Lipinski definition) is 0. The first-order valence-corrected chi connectivity index (χ1v) is 3.70. The molecule has 0 aromatic rings. The predicted octanol–water partition coefficient (Wildman–Crippen LogP) is 2.31. The van der Waals surface area contributed by atoms with Gasteiger partial charge < -0.3 is 0 Å². The molecule has 0 aliphatic heterocycles. The summed E-state index contributed by atoms with van der Waals surface area (Å²) in [6, 6.07) is 0. The maximum absolute atomic E-state index is 10.9. The zero-order valence-corrected chi connectivity index (χ0v) is 5.68. The first kappa shape index (κ1) is 6.81. The summed E-state index contributed by atoms with van der Waals surface area (Å²) in [7, 11) is 0. The lowest BCUT2D eigenvalue weighted by Crippen LogP contribution is -2.04. The summed E-state index contributed by atoms with van der Waals surface area (Å²) in [6.07, 6.45) is 8.95. The molecule has 0 N–H and O–H groups in total. The van der Waals surface area contributed by atoms with Crippen LogP contribution in [0, 0.1) is 0 Å². The van der Waals surface area contributed by atoms with Gasteiger partial charge in [-0.3, -0.25) is 0 Å². The lowest BCUT2D eigenvalue weighted by atomic mass is 10.0. The van der Waals surface area contributed by atoms with Crippen LogP contribution in [0.25, 0.3) is 0 Å². The molecule has 1 nitrogen and oxygen atoms in total. The minimum atomic E-state index is -0.282. The van der Waals surface area contributed by atoms with E-state index in [0.29, 0.717) is 0 Å². The van der Waals surface area contributed by atoms with Crippen molar-refractivity contribution in [3.63, 3.8) is 0 Å². The Morgan fingerprint density at radius 2 is 1.89 bits per heavy atom. The molecule has 0 fully saturated rings. The topological polar surface area (TPSA) is 19.9 Å². The van der Waals surface area contributed by atoms with Crippen LogP contribution in [-0.4, -0.2) is 6.10 Å². The molecule has 1 rings (SSSR count). The summed E-state index contributed by atoms with van der Waals surface area (Å²) < 4.78 is 0. The largest absolute Gasteiger partial charge is 0.233 e. The van der Waals surface area contributed by atoms with E-state index in [1.165, 1.54) is 0 Å². The molecule has 51 valence electrons. The van der Waals surface area contributed by atoms with Crippen LogP contribution in [0.5, 0.6) is 0 Å². The highest BCUT2D eigenvalue weighted by molar-refractivity contribution is 4.84. The summed E-state index contributed by atoms with van der Waals surface area (Å²) in [5, 5.41) is 10.9. The van der Waals surface area contributed by atoms with E-state index in [1.807, 2.05) is 0 Å². The van der Waals surface area contributed by atoms with Crippen molar-refractivity contribution in [2.45, 2.75) is 38.2 Å². The van der Waals surface area contributed by atoms with Crippen LogP contribution in [-0.2, 0) is 5.11 Å². The van der Waals surface area contributed by atoms with Crippen molar-refractivity contribution in [1.29, 1.82) is 0 Å². The molecular formula is C8H13O. The van der Waals surface area contributed by atoms with E-state index in [0.717, 1.165) is 32.1 Å². The van der Waals surface area contributed by atoms with Gasteiger partial charge in [0.25, 0.3) is 0 Å². The molecule has 1 aliphatic carbocycles. The molecule has 1 atom stereocenters. The fourth-order valence-electron chi connectivity index (χ4n) is 1.13. The molecule has 0 bridgehead atoms. The van der Waals surface area contributed by atoms with E-state index in [1.54, 1.807) is 0 Å². The quantitative estimate of drug-likeness (QED) is 0.443. The van der Waals surface area contributed by atoms with Gasteiger partial charge in [0.05, 0.1) is 6.10 Å². The third-order valence-corrected chi connectivity index (χ3v) is 1.72. The monoisotopic (exact) mass is 125 g/mol. The Labute approximate surface area is 56.4 Å². The highest BCUT2D eigenvalue weighted by atomic mass is 16.3. The highest BCUT2D eigenvalue weighted by Gasteiger charge is 2.04. The first-order valence-electron chi connectivity index (χ1n) is 3.70. The average molecular weight is 125 g/mol. The molecule has 0 aromatic heterocycles. The van der Waals surface area contributed by atoms with Crippen LogP contribution in [0.3, 0.4) is 0 Å². The van der Waals surface area contributed by atoms with E-state index < -0.39 is 0 Å². The minimum absolute atomic E-state index is 0.282. The van der Waals surface area contributed by atoms with Crippen molar-refractivity contribution in [2.24, 2.45) is 0 Å². The third-order valence-electron chi connectivity index (χ3n) is 1.72. The van der Waals surface area contributed by atoms with Gasteiger partial charge in [-0.2, -0.15) is 0 Å². The lowest BCUT2D eigenvalue weighted by molar-refractivity contribution is 0.0721. The molecular weight excluding hydrogens is 112 g/mol. The van der Waals surface area contributed by atoms with Crippen molar-refractivity contribution in [2.75, 3.05) is 0 Å². The Hall–Kier alpha value is -0.300. The summed E-state index contributed by atoms with van der Waals surface area (Å²) in [6.45, 7) is 0. The average Bonchev–Trinajstić information content (AvgIpc) is 1.79. The Morgan fingerprint density at radius 1 is 1.11 bits per heavy atom. The SMILES string of the molecule is [O]C1CC/C=C\CCC1. The van der Waals surface area contributed by atoms with Crippen LogP contribution >= 0.6 is 0 Å². The molecule has 1 radical (unpaired) electrons. The van der Waals surface area contributed by atoms with Gasteiger partial charge in [-0.25, -0.2) is 5.11 Å². The van der Waals surface area contributed by atoms with Crippen molar-refractivity contribution in [1.82, 2.24) is 0 Å². The minimum Gasteiger partial charge on any atom is -0.233 e. The van der Waals surface area contributed by atoms with E-state index in [-0.39, 0.29) is 6.10 Å². The fraction of sp³-hybridized carbons (Fsp3) is 0.750. The van der Waals surface area contributed by atoms with E-state index in [9.17, 15) is 5.11 Å². The van der Waals surface area contributed by atoms with E-state index in [4.69, 9.17) is 0 Å². The van der Waals surface area contributed by atoms with Crippen molar-refractivity contribution < 1.29 is 5.11 Å². The molecule has 0 saturated heterocycles. The van der Waals surface area contributed by atoms with Crippen molar-refractivity contribution >= 4 is 0 Å². The van der Waals surface area contributed by atoms with Gasteiger partial charge in [0, 0.05) is 0 Å². The van der Waals surface area contributed by atoms with Crippen LogP contribution < -0.4 is 0 Å². The van der Waals surface area contributed by atoms with Gasteiger partial charge >= 0.3 is 0 Å². The van der Waals surface area contributed by atoms with Gasteiger partial charge in [-0.15, -0.1) is 0 Å². The highest BCUT2D eigenvalue weighted by Crippen LogP contribution is 2.11. The fourth-order valence-corrected chi connectivity index (χ4v) is 1.13. The maximum atomic E-state index is 10.9. The third kappa shape index (κ3) is 2.66. The second-order valence-electron chi connectivity index (χ2n) is 2.60. The molecule has 0 aromatic carbocycles. The summed E-state index contributed by atoms with van der Waals surface area (Å²) in [5.74, 6) is 0. The normalized spacial score (nSPS) is 32.8. The molecule has 1 aliphatic rings. The van der Waals surface area contributed by atoms with Crippen LogP contribution in [0.15, 0.2) is 12.2 Å². The molecule has 9 heavy (non-hydrogen) atoms. The van der Waals surface area contributed by atoms with Gasteiger partial charge in [0.15, 0.2) is 0 Å². The number of rotatable bonds is 0. The molecule has 0 saturated carbocycles. The van der Waals surface area contributed by atoms with Gasteiger partial charge in [0.2, 0.25) is 0 Å². The Kier molecular flexibility index (Phi) is 2.78. The Morgan fingerprint density at radius 3 is 2.78 bits per heavy atom. The molecule has 0 spiro atoms. The van der Waals surface area contributed by atoms with Crippen LogP contribution in [0.2, 0.25) is 0 Å². The lowest BCUT2D eigenvalue weighted by Gasteiger charge is -2.07. The Bertz CT molecular complexity index is 96.7. The predicted molar refractivity (Wildman–Crippen MR) is 36.7 cm³/mol. The van der Waals surface area contributed by atoms with Crippen molar-refractivity contribution in [3.05, 3.63) is 12.2 Å². The standard InChI is InChI=1S/C8H13O/c9-8-6-4-2-1-3-5-7-8/h1-2,8H,3-7H2/b2-1-. The summed E-state index contributed by atoms with van der Waals surface area (Å²) in [5.41, 5.74) is 0. The second kappa shape index (κ2) is 3.67.